The Morgan fingerprint density at radius 1 is 0.941 bits per heavy atom. The maximum absolute atomic E-state index is 13.4. The van der Waals surface area contributed by atoms with Crippen molar-refractivity contribution in [3.8, 4) is 0 Å². The lowest BCUT2D eigenvalue weighted by molar-refractivity contribution is -0.136. The molecule has 1 aromatic rings. The molecule has 0 aromatic heterocycles. The minimum Gasteiger partial charge on any atom is -0.316 e. The summed E-state index contributed by atoms with van der Waals surface area (Å²) < 4.78 is 0. The van der Waals surface area contributed by atoms with Gasteiger partial charge < -0.3 is 5.32 Å². The number of benzene rings is 1. The van der Waals surface area contributed by atoms with Crippen LogP contribution < -0.4 is 10.6 Å². The van der Waals surface area contributed by atoms with Crippen LogP contribution in [0.4, 0.5) is 0 Å². The summed E-state index contributed by atoms with van der Waals surface area (Å²) in [4.78, 5) is 53.8. The van der Waals surface area contributed by atoms with Crippen LogP contribution in [0, 0.1) is 11.8 Å². The summed E-state index contributed by atoms with van der Waals surface area (Å²) in [5.41, 5.74) is 1.64. The number of fused-ring (bicyclic) bond motifs is 1. The molecule has 3 atom stereocenters. The number of likely N-dealkylation sites (tertiary alicyclic amines) is 1. The molecule has 1 aromatic carbocycles. The number of hydrogen-bond acceptors (Lipinski definition) is 6. The average molecular weight is 467 g/mol. The topological polar surface area (TPSA) is 98.8 Å². The van der Waals surface area contributed by atoms with E-state index in [0.29, 0.717) is 23.6 Å². The van der Waals surface area contributed by atoms with Gasteiger partial charge in [0.1, 0.15) is 6.04 Å². The largest absolute Gasteiger partial charge is 0.316 e. The quantitative estimate of drug-likeness (QED) is 0.623. The highest BCUT2D eigenvalue weighted by Crippen LogP contribution is 2.32. The lowest BCUT2D eigenvalue weighted by Crippen LogP contribution is -2.54. The SMILES string of the molecule is O=C1CCC(N2C(=O)c3cccc(CN4CCCC(CCC5CCCNC5)C4)c3C2=O)C(=O)N1. The average Bonchev–Trinajstić information content (AvgIpc) is 3.10. The smallest absolute Gasteiger partial charge is 0.262 e. The Kier molecular flexibility index (Phi) is 6.79. The Balaban J connectivity index is 1.26. The van der Waals surface area contributed by atoms with E-state index in [1.807, 2.05) is 12.1 Å². The molecule has 4 aliphatic heterocycles. The Morgan fingerprint density at radius 3 is 2.56 bits per heavy atom. The fraction of sp³-hybridized carbons (Fsp3) is 0.615. The Morgan fingerprint density at radius 2 is 1.76 bits per heavy atom. The first-order valence-corrected chi connectivity index (χ1v) is 12.8. The molecule has 4 aliphatic rings. The molecule has 0 radical (unpaired) electrons. The highest BCUT2D eigenvalue weighted by atomic mass is 16.2. The minimum absolute atomic E-state index is 0.128. The lowest BCUT2D eigenvalue weighted by Gasteiger charge is -2.34. The third-order valence-corrected chi connectivity index (χ3v) is 7.93. The zero-order valence-electron chi connectivity index (χ0n) is 19.7. The van der Waals surface area contributed by atoms with E-state index in [9.17, 15) is 19.2 Å². The third kappa shape index (κ3) is 4.66. The van der Waals surface area contributed by atoms with Crippen LogP contribution in [0.3, 0.4) is 0 Å². The van der Waals surface area contributed by atoms with Gasteiger partial charge in [-0.3, -0.25) is 34.3 Å². The molecular formula is C26H34N4O4. The van der Waals surface area contributed by atoms with E-state index in [-0.39, 0.29) is 18.7 Å². The number of amides is 4. The summed E-state index contributed by atoms with van der Waals surface area (Å²) in [6.07, 6.45) is 7.85. The number of hydrogen-bond donors (Lipinski definition) is 2. The predicted octanol–water partition coefficient (Wildman–Crippen LogP) is 2.08. The van der Waals surface area contributed by atoms with Crippen LogP contribution in [0.25, 0.3) is 0 Å². The minimum atomic E-state index is -0.924. The second-order valence-corrected chi connectivity index (χ2v) is 10.3. The van der Waals surface area contributed by atoms with Crippen molar-refractivity contribution >= 4 is 23.6 Å². The van der Waals surface area contributed by atoms with Crippen LogP contribution in [-0.2, 0) is 16.1 Å². The molecule has 8 heteroatoms. The van der Waals surface area contributed by atoms with E-state index in [0.717, 1.165) is 49.0 Å². The van der Waals surface area contributed by atoms with Crippen molar-refractivity contribution in [3.63, 3.8) is 0 Å². The molecule has 3 fully saturated rings. The second kappa shape index (κ2) is 9.96. The molecule has 0 aliphatic carbocycles. The standard InChI is InChI=1S/C26H34N4O4/c31-22-11-10-21(24(32)28-22)30-25(33)20-7-1-6-19(23(20)26(30)34)16-29-13-3-5-18(15-29)9-8-17-4-2-12-27-14-17/h1,6-7,17-18,21,27H,2-5,8-16H2,(H,28,31,32). The molecule has 0 saturated carbocycles. The normalized spacial score (nSPS) is 28.2. The summed E-state index contributed by atoms with van der Waals surface area (Å²) in [7, 11) is 0. The number of nitrogens with zero attached hydrogens (tertiary/aromatic N) is 2. The Labute approximate surface area is 200 Å². The first kappa shape index (κ1) is 23.2. The van der Waals surface area contributed by atoms with Gasteiger partial charge in [0.2, 0.25) is 11.8 Å². The van der Waals surface area contributed by atoms with Gasteiger partial charge >= 0.3 is 0 Å². The molecule has 3 saturated heterocycles. The van der Waals surface area contributed by atoms with Crippen LogP contribution in [-0.4, -0.2) is 65.6 Å². The molecule has 0 spiro atoms. The van der Waals surface area contributed by atoms with Gasteiger partial charge in [-0.2, -0.15) is 0 Å². The van der Waals surface area contributed by atoms with E-state index in [1.165, 1.54) is 32.1 Å². The van der Waals surface area contributed by atoms with Gasteiger partial charge in [0.25, 0.3) is 11.8 Å². The molecule has 4 amide bonds. The van der Waals surface area contributed by atoms with Gasteiger partial charge in [-0.15, -0.1) is 0 Å². The Hall–Kier alpha value is -2.58. The van der Waals surface area contributed by atoms with Crippen LogP contribution in [0.2, 0.25) is 0 Å². The highest BCUT2D eigenvalue weighted by molar-refractivity contribution is 6.24. The van der Waals surface area contributed by atoms with Crippen molar-refractivity contribution in [2.45, 2.75) is 64.0 Å². The zero-order chi connectivity index (χ0) is 23.7. The van der Waals surface area contributed by atoms with E-state index in [1.54, 1.807) is 6.07 Å². The molecule has 34 heavy (non-hydrogen) atoms. The summed E-state index contributed by atoms with van der Waals surface area (Å²) >= 11 is 0. The van der Waals surface area contributed by atoms with Crippen LogP contribution >= 0.6 is 0 Å². The summed E-state index contributed by atoms with van der Waals surface area (Å²) in [6.45, 7) is 4.93. The monoisotopic (exact) mass is 466 g/mol. The Bertz CT molecular complexity index is 987. The second-order valence-electron chi connectivity index (χ2n) is 10.3. The van der Waals surface area contributed by atoms with Gasteiger partial charge in [-0.05, 0) is 88.0 Å². The number of piperidine rings is 3. The zero-order valence-corrected chi connectivity index (χ0v) is 19.7. The maximum Gasteiger partial charge on any atom is 0.262 e. The maximum atomic E-state index is 13.4. The molecule has 0 bridgehead atoms. The van der Waals surface area contributed by atoms with E-state index in [4.69, 9.17) is 0 Å². The van der Waals surface area contributed by atoms with Crippen molar-refractivity contribution < 1.29 is 19.2 Å². The molecule has 8 nitrogen and oxygen atoms in total. The van der Waals surface area contributed by atoms with Gasteiger partial charge in [-0.25, -0.2) is 0 Å². The molecule has 2 N–H and O–H groups in total. The molecule has 182 valence electrons. The van der Waals surface area contributed by atoms with Crippen molar-refractivity contribution in [3.05, 3.63) is 34.9 Å². The van der Waals surface area contributed by atoms with Crippen molar-refractivity contribution in [2.24, 2.45) is 11.8 Å². The molecular weight excluding hydrogens is 432 g/mol. The highest BCUT2D eigenvalue weighted by Gasteiger charge is 2.45. The van der Waals surface area contributed by atoms with Gasteiger partial charge in [0.05, 0.1) is 11.1 Å². The lowest BCUT2D eigenvalue weighted by atomic mass is 9.87. The first-order valence-electron chi connectivity index (χ1n) is 12.8. The first-order chi connectivity index (χ1) is 16.5. The van der Waals surface area contributed by atoms with Crippen molar-refractivity contribution in [2.75, 3.05) is 26.2 Å². The number of carbonyl (C=O) groups is 4. The molecule has 5 rings (SSSR count). The summed E-state index contributed by atoms with van der Waals surface area (Å²) in [5.74, 6) is -0.317. The number of nitrogens with one attached hydrogen (secondary N) is 2. The predicted molar refractivity (Wildman–Crippen MR) is 126 cm³/mol. The summed E-state index contributed by atoms with van der Waals surface area (Å²) in [6, 6.07) is 4.49. The van der Waals surface area contributed by atoms with Crippen LogP contribution in [0.5, 0.6) is 0 Å². The van der Waals surface area contributed by atoms with Crippen LogP contribution in [0.1, 0.15) is 77.6 Å². The van der Waals surface area contributed by atoms with Crippen molar-refractivity contribution in [1.29, 1.82) is 0 Å². The van der Waals surface area contributed by atoms with E-state index in [2.05, 4.69) is 15.5 Å². The molecule has 4 heterocycles. The fourth-order valence-corrected chi connectivity index (χ4v) is 6.13. The van der Waals surface area contributed by atoms with Crippen molar-refractivity contribution in [1.82, 2.24) is 20.4 Å². The molecule has 3 unspecified atom stereocenters. The van der Waals surface area contributed by atoms with Gasteiger partial charge in [-0.1, -0.05) is 12.1 Å². The fourth-order valence-electron chi connectivity index (χ4n) is 6.13. The summed E-state index contributed by atoms with van der Waals surface area (Å²) in [5, 5.41) is 5.77. The number of imide groups is 2. The van der Waals surface area contributed by atoms with Crippen LogP contribution in [0.15, 0.2) is 18.2 Å². The number of carbonyl (C=O) groups excluding carboxylic acids is 4. The van der Waals surface area contributed by atoms with E-state index >= 15 is 0 Å². The van der Waals surface area contributed by atoms with Gasteiger partial charge in [0, 0.05) is 19.5 Å². The number of rotatable bonds is 6. The van der Waals surface area contributed by atoms with Gasteiger partial charge in [0.15, 0.2) is 0 Å². The third-order valence-electron chi connectivity index (χ3n) is 7.93. The van der Waals surface area contributed by atoms with E-state index < -0.39 is 23.8 Å².